The van der Waals surface area contributed by atoms with E-state index in [2.05, 4.69) is 15.0 Å². The second kappa shape index (κ2) is 4.51. The van der Waals surface area contributed by atoms with E-state index in [1.807, 2.05) is 23.7 Å². The zero-order valence-electron chi connectivity index (χ0n) is 11.6. The smallest absolute Gasteiger partial charge is 0.159 e. The lowest BCUT2D eigenvalue weighted by molar-refractivity contribution is 0.00516. The molecule has 0 aromatic carbocycles. The van der Waals surface area contributed by atoms with Crippen molar-refractivity contribution in [2.24, 2.45) is 5.73 Å². The minimum absolute atomic E-state index is 0.156. The molecule has 20 heavy (non-hydrogen) atoms. The molecule has 0 saturated carbocycles. The van der Waals surface area contributed by atoms with E-state index in [-0.39, 0.29) is 6.04 Å². The first kappa shape index (κ1) is 12.3. The highest BCUT2D eigenvalue weighted by Crippen LogP contribution is 2.28. The van der Waals surface area contributed by atoms with Crippen LogP contribution < -0.4 is 5.73 Å². The van der Waals surface area contributed by atoms with Gasteiger partial charge in [0.25, 0.3) is 0 Å². The number of rotatable bonds is 1. The van der Waals surface area contributed by atoms with Crippen LogP contribution in [0, 0.1) is 6.92 Å². The molecule has 0 bridgehead atoms. The molecule has 2 aliphatic rings. The maximum atomic E-state index is 6.00. The molecule has 4 rings (SSSR count). The van der Waals surface area contributed by atoms with Gasteiger partial charge in [0.2, 0.25) is 0 Å². The molecule has 2 unspecified atom stereocenters. The Morgan fingerprint density at radius 1 is 1.35 bits per heavy atom. The molecule has 0 aliphatic carbocycles. The molecule has 2 N–H and O–H groups in total. The van der Waals surface area contributed by atoms with Crippen LogP contribution in [0.2, 0.25) is 0 Å². The van der Waals surface area contributed by atoms with Crippen LogP contribution in [-0.2, 0) is 17.8 Å². The molecular formula is C14H19N5O. The zero-order valence-corrected chi connectivity index (χ0v) is 11.6. The van der Waals surface area contributed by atoms with Crippen molar-refractivity contribution < 1.29 is 4.74 Å². The molecule has 2 aromatic heterocycles. The lowest BCUT2D eigenvalue weighted by Gasteiger charge is -2.33. The molecular weight excluding hydrogens is 254 g/mol. The Bertz CT molecular complexity index is 652. The van der Waals surface area contributed by atoms with Gasteiger partial charge < -0.3 is 10.5 Å². The van der Waals surface area contributed by atoms with Gasteiger partial charge in [-0.3, -0.25) is 4.90 Å². The van der Waals surface area contributed by atoms with E-state index in [0.717, 1.165) is 43.2 Å². The highest BCUT2D eigenvalue weighted by atomic mass is 16.5. The number of fused-ring (bicyclic) bond motifs is 3. The number of aromatic nitrogens is 3. The summed E-state index contributed by atoms with van der Waals surface area (Å²) in [6, 6.07) is 2.54. The third-order valence-corrected chi connectivity index (χ3v) is 4.25. The van der Waals surface area contributed by atoms with Crippen molar-refractivity contribution in [3.05, 3.63) is 29.2 Å². The third-order valence-electron chi connectivity index (χ3n) is 4.25. The lowest BCUT2D eigenvalue weighted by Crippen LogP contribution is -2.46. The van der Waals surface area contributed by atoms with Crippen LogP contribution >= 0.6 is 0 Å². The Labute approximate surface area is 117 Å². The van der Waals surface area contributed by atoms with Gasteiger partial charge in [-0.25, -0.2) is 9.50 Å². The molecule has 0 amide bonds. The first-order valence-electron chi connectivity index (χ1n) is 7.12. The van der Waals surface area contributed by atoms with Crippen molar-refractivity contribution in [2.75, 3.05) is 13.2 Å². The van der Waals surface area contributed by atoms with Crippen LogP contribution in [0.4, 0.5) is 0 Å². The molecule has 0 radical (unpaired) electrons. The quantitative estimate of drug-likeness (QED) is 0.818. The maximum absolute atomic E-state index is 6.00. The van der Waals surface area contributed by atoms with Crippen molar-refractivity contribution in [2.45, 2.75) is 38.5 Å². The van der Waals surface area contributed by atoms with Gasteiger partial charge in [0, 0.05) is 42.6 Å². The first-order valence-corrected chi connectivity index (χ1v) is 7.12. The number of nitrogens with zero attached hydrogens (tertiary/aromatic N) is 4. The van der Waals surface area contributed by atoms with Crippen LogP contribution in [0.25, 0.3) is 5.65 Å². The van der Waals surface area contributed by atoms with Crippen LogP contribution in [0.5, 0.6) is 0 Å². The molecule has 2 atom stereocenters. The topological polar surface area (TPSA) is 68.7 Å². The maximum Gasteiger partial charge on any atom is 0.159 e. The fourth-order valence-electron chi connectivity index (χ4n) is 3.20. The Morgan fingerprint density at radius 3 is 3.10 bits per heavy atom. The van der Waals surface area contributed by atoms with Crippen LogP contribution in [-0.4, -0.2) is 44.8 Å². The fourth-order valence-corrected chi connectivity index (χ4v) is 3.20. The highest BCUT2D eigenvalue weighted by Gasteiger charge is 2.33. The van der Waals surface area contributed by atoms with Crippen molar-refractivity contribution in [1.82, 2.24) is 19.5 Å². The molecule has 2 aliphatic heterocycles. The Balaban J connectivity index is 1.62. The second-order valence-electron chi connectivity index (χ2n) is 5.85. The largest absolute Gasteiger partial charge is 0.378 e. The Kier molecular flexibility index (Phi) is 2.76. The molecule has 0 spiro atoms. The van der Waals surface area contributed by atoms with Gasteiger partial charge in [0.05, 0.1) is 18.9 Å². The lowest BCUT2D eigenvalue weighted by atomic mass is 10.1. The van der Waals surface area contributed by atoms with E-state index < -0.39 is 0 Å². The second-order valence-corrected chi connectivity index (χ2v) is 5.85. The summed E-state index contributed by atoms with van der Waals surface area (Å²) in [5, 5.41) is 4.64. The number of ether oxygens (including phenoxy) is 1. The Morgan fingerprint density at radius 2 is 2.25 bits per heavy atom. The van der Waals surface area contributed by atoms with E-state index in [1.54, 1.807) is 0 Å². The normalized spacial score (nSPS) is 27.1. The summed E-state index contributed by atoms with van der Waals surface area (Å²) in [6.07, 6.45) is 2.99. The molecule has 4 heterocycles. The third kappa shape index (κ3) is 1.91. The summed E-state index contributed by atoms with van der Waals surface area (Å²) >= 11 is 0. The van der Waals surface area contributed by atoms with E-state index in [0.29, 0.717) is 12.6 Å². The minimum atomic E-state index is 0.156. The van der Waals surface area contributed by atoms with Gasteiger partial charge in [-0.1, -0.05) is 0 Å². The van der Waals surface area contributed by atoms with Crippen LogP contribution in [0.3, 0.4) is 0 Å². The van der Waals surface area contributed by atoms with Gasteiger partial charge in [0.15, 0.2) is 5.65 Å². The molecule has 1 fully saturated rings. The van der Waals surface area contributed by atoms with Crippen molar-refractivity contribution in [3.63, 3.8) is 0 Å². The van der Waals surface area contributed by atoms with Crippen LogP contribution in [0.15, 0.2) is 12.3 Å². The summed E-state index contributed by atoms with van der Waals surface area (Å²) in [6.45, 7) is 5.24. The number of hydrogen-bond donors (Lipinski definition) is 1. The van der Waals surface area contributed by atoms with Gasteiger partial charge >= 0.3 is 0 Å². The van der Waals surface area contributed by atoms with Crippen LogP contribution in [0.1, 0.15) is 23.4 Å². The minimum Gasteiger partial charge on any atom is -0.378 e. The van der Waals surface area contributed by atoms with E-state index in [9.17, 15) is 0 Å². The molecule has 106 valence electrons. The predicted octanol–water partition coefficient (Wildman–Crippen LogP) is 0.470. The molecule has 6 nitrogen and oxygen atoms in total. The van der Waals surface area contributed by atoms with Gasteiger partial charge in [0.1, 0.15) is 0 Å². The fraction of sp³-hybridized carbons (Fsp3) is 0.571. The highest BCUT2D eigenvalue weighted by molar-refractivity contribution is 5.52. The SMILES string of the molecule is Cc1ccn2nc3c(c2n1)CN(C1COCC(N)C1)C3. The summed E-state index contributed by atoms with van der Waals surface area (Å²) in [5.41, 5.74) is 10.4. The monoisotopic (exact) mass is 273 g/mol. The van der Waals surface area contributed by atoms with E-state index in [1.165, 1.54) is 5.56 Å². The number of hydrogen-bond acceptors (Lipinski definition) is 5. The number of aryl methyl sites for hydroxylation is 1. The average Bonchev–Trinajstić information content (AvgIpc) is 2.97. The van der Waals surface area contributed by atoms with E-state index >= 15 is 0 Å². The van der Waals surface area contributed by atoms with Gasteiger partial charge in [-0.05, 0) is 19.4 Å². The zero-order chi connectivity index (χ0) is 13.7. The standard InChI is InChI=1S/C14H19N5O/c1-9-2-3-19-14(16-9)12-5-18(6-13(12)17-19)11-4-10(15)7-20-8-11/h2-3,10-11H,4-8,15H2,1H3. The van der Waals surface area contributed by atoms with Gasteiger partial charge in [-0.15, -0.1) is 0 Å². The molecule has 2 aromatic rings. The predicted molar refractivity (Wildman–Crippen MR) is 74.2 cm³/mol. The van der Waals surface area contributed by atoms with E-state index in [4.69, 9.17) is 10.5 Å². The Hall–Kier alpha value is -1.50. The van der Waals surface area contributed by atoms with Crippen molar-refractivity contribution in [3.8, 4) is 0 Å². The van der Waals surface area contributed by atoms with Crippen molar-refractivity contribution >= 4 is 5.65 Å². The number of nitrogens with two attached hydrogens (primary N) is 1. The molecule has 1 saturated heterocycles. The van der Waals surface area contributed by atoms with Crippen molar-refractivity contribution in [1.29, 1.82) is 0 Å². The first-order chi connectivity index (χ1) is 9.70. The molecule has 6 heteroatoms. The summed E-state index contributed by atoms with van der Waals surface area (Å²) < 4.78 is 7.47. The summed E-state index contributed by atoms with van der Waals surface area (Å²) in [4.78, 5) is 7.04. The summed E-state index contributed by atoms with van der Waals surface area (Å²) in [7, 11) is 0. The van der Waals surface area contributed by atoms with Gasteiger partial charge in [-0.2, -0.15) is 5.10 Å². The summed E-state index contributed by atoms with van der Waals surface area (Å²) in [5.74, 6) is 0. The average molecular weight is 273 g/mol.